The summed E-state index contributed by atoms with van der Waals surface area (Å²) in [5.41, 5.74) is 2.45. The number of anilines is 1. The maximum absolute atomic E-state index is 5.28. The van der Waals surface area contributed by atoms with Crippen molar-refractivity contribution in [2.75, 3.05) is 12.4 Å². The van der Waals surface area contributed by atoms with Gasteiger partial charge >= 0.3 is 0 Å². The third kappa shape index (κ3) is 2.96. The Hall–Kier alpha value is -1.81. The van der Waals surface area contributed by atoms with Crippen LogP contribution < -0.4 is 5.32 Å². The van der Waals surface area contributed by atoms with E-state index in [1.165, 1.54) is 11.3 Å². The van der Waals surface area contributed by atoms with Crippen LogP contribution in [0.3, 0.4) is 0 Å². The van der Waals surface area contributed by atoms with Gasteiger partial charge in [-0.3, -0.25) is 4.68 Å². The van der Waals surface area contributed by atoms with Gasteiger partial charge in [-0.05, 0) is 36.6 Å². The van der Waals surface area contributed by atoms with Gasteiger partial charge in [0.1, 0.15) is 0 Å². The van der Waals surface area contributed by atoms with Gasteiger partial charge in [-0.25, -0.2) is 0 Å². The molecular weight excluding hydrogens is 238 g/mol. The number of aromatic nitrogens is 2. The summed E-state index contributed by atoms with van der Waals surface area (Å²) >= 11 is 0. The minimum absolute atomic E-state index is 0.441. The van der Waals surface area contributed by atoms with Gasteiger partial charge in [0.25, 0.3) is 0 Å². The van der Waals surface area contributed by atoms with E-state index in [9.17, 15) is 0 Å². The first-order chi connectivity index (χ1) is 9.33. The van der Waals surface area contributed by atoms with Gasteiger partial charge in [-0.2, -0.15) is 5.10 Å². The molecule has 1 N–H and O–H groups in total. The number of hydrogen-bond acceptors (Lipinski definition) is 3. The predicted octanol–water partition coefficient (Wildman–Crippen LogP) is 2.52. The molecule has 0 saturated heterocycles. The van der Waals surface area contributed by atoms with E-state index in [4.69, 9.17) is 4.74 Å². The first-order valence-corrected chi connectivity index (χ1v) is 6.69. The lowest BCUT2D eigenvalue weighted by atomic mass is 9.89. The van der Waals surface area contributed by atoms with Crippen molar-refractivity contribution in [3.05, 3.63) is 48.3 Å². The molecular formula is C15H19N3O. The molecule has 1 saturated carbocycles. The molecule has 0 amide bonds. The Morgan fingerprint density at radius 3 is 2.74 bits per heavy atom. The number of rotatable bonds is 5. The second-order valence-electron chi connectivity index (χ2n) is 5.07. The first kappa shape index (κ1) is 12.2. The molecule has 1 aliphatic rings. The zero-order valence-electron chi connectivity index (χ0n) is 11.1. The fraction of sp³-hybridized carbons (Fsp3) is 0.400. The van der Waals surface area contributed by atoms with Crippen LogP contribution >= 0.6 is 0 Å². The normalized spacial score (nSPS) is 21.9. The second kappa shape index (κ2) is 5.45. The summed E-state index contributed by atoms with van der Waals surface area (Å²) in [5.74, 6) is 0. The van der Waals surface area contributed by atoms with E-state index < -0.39 is 0 Å². The van der Waals surface area contributed by atoms with Crippen LogP contribution in [0.2, 0.25) is 0 Å². The summed E-state index contributed by atoms with van der Waals surface area (Å²) in [4.78, 5) is 0. The highest BCUT2D eigenvalue weighted by atomic mass is 16.5. The van der Waals surface area contributed by atoms with E-state index in [1.54, 1.807) is 13.3 Å². The van der Waals surface area contributed by atoms with Gasteiger partial charge in [0, 0.05) is 31.2 Å². The van der Waals surface area contributed by atoms with Crippen molar-refractivity contribution in [2.45, 2.75) is 31.5 Å². The molecule has 4 heteroatoms. The molecule has 4 nitrogen and oxygen atoms in total. The van der Waals surface area contributed by atoms with Crippen LogP contribution in [0.5, 0.6) is 0 Å². The van der Waals surface area contributed by atoms with Crippen molar-refractivity contribution in [1.82, 2.24) is 9.78 Å². The minimum Gasteiger partial charge on any atom is -0.382 e. The van der Waals surface area contributed by atoms with Crippen molar-refractivity contribution in [2.24, 2.45) is 0 Å². The van der Waals surface area contributed by atoms with Gasteiger partial charge in [-0.15, -0.1) is 0 Å². The molecule has 1 fully saturated rings. The molecule has 0 bridgehead atoms. The molecule has 2 aromatic rings. The van der Waals surface area contributed by atoms with Crippen LogP contribution in [-0.4, -0.2) is 29.0 Å². The second-order valence-corrected chi connectivity index (χ2v) is 5.07. The lowest BCUT2D eigenvalue weighted by Gasteiger charge is -2.35. The average molecular weight is 257 g/mol. The maximum Gasteiger partial charge on any atom is 0.0659 e. The van der Waals surface area contributed by atoms with Crippen molar-refractivity contribution in [3.8, 4) is 0 Å². The Morgan fingerprint density at radius 2 is 2.11 bits per heavy atom. The highest BCUT2D eigenvalue weighted by Gasteiger charge is 2.28. The Kier molecular flexibility index (Phi) is 3.51. The third-order valence-corrected chi connectivity index (χ3v) is 3.66. The molecule has 1 aromatic heterocycles. The van der Waals surface area contributed by atoms with Crippen molar-refractivity contribution in [3.63, 3.8) is 0 Å². The number of hydrogen-bond donors (Lipinski definition) is 1. The number of benzene rings is 1. The largest absolute Gasteiger partial charge is 0.382 e. The monoisotopic (exact) mass is 257 g/mol. The fourth-order valence-corrected chi connectivity index (χ4v) is 2.40. The van der Waals surface area contributed by atoms with Crippen molar-refractivity contribution in [1.29, 1.82) is 0 Å². The quantitative estimate of drug-likeness (QED) is 0.894. The predicted molar refractivity (Wildman–Crippen MR) is 75.2 cm³/mol. The number of ether oxygens (including phenoxy) is 1. The number of methoxy groups -OCH3 is 1. The topological polar surface area (TPSA) is 39.1 Å². The van der Waals surface area contributed by atoms with Crippen LogP contribution in [0.1, 0.15) is 18.4 Å². The summed E-state index contributed by atoms with van der Waals surface area (Å²) in [7, 11) is 1.78. The minimum atomic E-state index is 0.441. The zero-order chi connectivity index (χ0) is 13.1. The highest BCUT2D eigenvalue weighted by Crippen LogP contribution is 2.26. The highest BCUT2D eigenvalue weighted by molar-refractivity contribution is 5.46. The first-order valence-electron chi connectivity index (χ1n) is 6.69. The van der Waals surface area contributed by atoms with E-state index in [0.29, 0.717) is 12.1 Å². The van der Waals surface area contributed by atoms with Crippen LogP contribution in [0.4, 0.5) is 5.69 Å². The van der Waals surface area contributed by atoms with Gasteiger partial charge in [0.05, 0.1) is 12.6 Å². The summed E-state index contributed by atoms with van der Waals surface area (Å²) in [5, 5.41) is 7.74. The lowest BCUT2D eigenvalue weighted by Crippen LogP contribution is -2.40. The third-order valence-electron chi connectivity index (χ3n) is 3.66. The van der Waals surface area contributed by atoms with E-state index in [2.05, 4.69) is 34.7 Å². The number of nitrogens with zero attached hydrogens (tertiary/aromatic N) is 2. The smallest absolute Gasteiger partial charge is 0.0659 e. The zero-order valence-corrected chi connectivity index (χ0v) is 11.1. The molecule has 1 aromatic carbocycles. The molecule has 1 aliphatic carbocycles. The molecule has 0 unspecified atom stereocenters. The summed E-state index contributed by atoms with van der Waals surface area (Å²) in [6, 6.07) is 11.1. The summed E-state index contributed by atoms with van der Waals surface area (Å²) < 4.78 is 7.21. The summed E-state index contributed by atoms with van der Waals surface area (Å²) in [6.45, 7) is 0.822. The average Bonchev–Trinajstić information content (AvgIpc) is 2.88. The Bertz CT molecular complexity index is 501. The summed E-state index contributed by atoms with van der Waals surface area (Å²) in [6.07, 6.45) is 6.43. The number of nitrogens with one attached hydrogen (secondary N) is 1. The Morgan fingerprint density at radius 1 is 1.32 bits per heavy atom. The van der Waals surface area contributed by atoms with Gasteiger partial charge in [0.2, 0.25) is 0 Å². The van der Waals surface area contributed by atoms with E-state index in [-0.39, 0.29) is 0 Å². The van der Waals surface area contributed by atoms with Gasteiger partial charge in [-0.1, -0.05) is 12.1 Å². The lowest BCUT2D eigenvalue weighted by molar-refractivity contribution is 0.0329. The Labute approximate surface area is 113 Å². The molecule has 0 radical (unpaired) electrons. The fourth-order valence-electron chi connectivity index (χ4n) is 2.40. The van der Waals surface area contributed by atoms with E-state index in [1.807, 2.05) is 16.9 Å². The molecule has 0 atom stereocenters. The van der Waals surface area contributed by atoms with Crippen LogP contribution in [0.25, 0.3) is 0 Å². The molecule has 1 heterocycles. The van der Waals surface area contributed by atoms with Crippen LogP contribution in [0.15, 0.2) is 42.7 Å². The SMILES string of the molecule is COC1CC(Nc2ccc(Cn3cccn3)cc2)C1. The molecule has 0 spiro atoms. The standard InChI is InChI=1S/C15H19N3O/c1-19-15-9-14(10-15)17-13-5-3-12(4-6-13)11-18-8-2-7-16-18/h2-8,14-15,17H,9-11H2,1H3. The van der Waals surface area contributed by atoms with Crippen molar-refractivity contribution >= 4 is 5.69 Å². The van der Waals surface area contributed by atoms with Crippen LogP contribution in [0, 0.1) is 0 Å². The molecule has 19 heavy (non-hydrogen) atoms. The molecule has 100 valence electrons. The van der Waals surface area contributed by atoms with E-state index in [0.717, 1.165) is 19.4 Å². The van der Waals surface area contributed by atoms with Gasteiger partial charge < -0.3 is 10.1 Å². The molecule has 0 aliphatic heterocycles. The molecule has 3 rings (SSSR count). The van der Waals surface area contributed by atoms with Crippen molar-refractivity contribution < 1.29 is 4.74 Å². The maximum atomic E-state index is 5.28. The van der Waals surface area contributed by atoms with Crippen LogP contribution in [-0.2, 0) is 11.3 Å². The van der Waals surface area contributed by atoms with Gasteiger partial charge in [0.15, 0.2) is 0 Å². The van der Waals surface area contributed by atoms with E-state index >= 15 is 0 Å². The Balaban J connectivity index is 1.54.